The molecule has 0 saturated heterocycles. The molecule has 1 atom stereocenters. The maximum Gasteiger partial charge on any atom is 0.0771 e. The van der Waals surface area contributed by atoms with Crippen LogP contribution < -0.4 is 5.73 Å². The van der Waals surface area contributed by atoms with Crippen LogP contribution in [0.15, 0.2) is 60.7 Å². The fraction of sp³-hybridized carbons (Fsp3) is 0.200. The topological polar surface area (TPSA) is 46.2 Å². The van der Waals surface area contributed by atoms with Crippen molar-refractivity contribution in [2.75, 3.05) is 6.54 Å². The molecule has 0 radical (unpaired) electrons. The summed E-state index contributed by atoms with van der Waals surface area (Å²) in [5.41, 5.74) is 7.79. The van der Waals surface area contributed by atoms with Gasteiger partial charge in [0.05, 0.1) is 6.10 Å². The third kappa shape index (κ3) is 2.73. The van der Waals surface area contributed by atoms with Gasteiger partial charge in [0, 0.05) is 12.5 Å². The summed E-state index contributed by atoms with van der Waals surface area (Å²) in [6, 6.07) is 20.0. The van der Waals surface area contributed by atoms with Gasteiger partial charge in [-0.1, -0.05) is 60.7 Å². The van der Waals surface area contributed by atoms with Gasteiger partial charge in [0.1, 0.15) is 0 Å². The summed E-state index contributed by atoms with van der Waals surface area (Å²) in [5.74, 6) is -0.0533. The van der Waals surface area contributed by atoms with Crippen LogP contribution in [0.4, 0.5) is 0 Å². The van der Waals surface area contributed by atoms with E-state index in [9.17, 15) is 5.11 Å². The molecule has 2 aromatic rings. The highest BCUT2D eigenvalue weighted by atomic mass is 16.3. The van der Waals surface area contributed by atoms with Gasteiger partial charge in [-0.3, -0.25) is 0 Å². The summed E-state index contributed by atoms with van der Waals surface area (Å²) in [6.07, 6.45) is -0.556. The minimum atomic E-state index is -0.556. The van der Waals surface area contributed by atoms with Crippen LogP contribution in [-0.4, -0.2) is 17.8 Å². The Balaban J connectivity index is 2.39. The zero-order valence-electron chi connectivity index (χ0n) is 9.66. The molecule has 0 aliphatic heterocycles. The highest BCUT2D eigenvalue weighted by Crippen LogP contribution is 2.27. The van der Waals surface area contributed by atoms with Crippen LogP contribution in [0.25, 0.3) is 0 Å². The molecule has 2 heteroatoms. The number of hydrogen-bond acceptors (Lipinski definition) is 2. The number of aliphatic hydroxyl groups is 1. The third-order valence-corrected chi connectivity index (χ3v) is 2.94. The maximum atomic E-state index is 10.1. The molecule has 0 spiro atoms. The first kappa shape index (κ1) is 11.8. The van der Waals surface area contributed by atoms with E-state index in [1.54, 1.807) is 0 Å². The molecule has 2 aromatic carbocycles. The molecular weight excluding hydrogens is 210 g/mol. The second-order valence-electron chi connectivity index (χ2n) is 4.10. The predicted molar refractivity (Wildman–Crippen MR) is 69.8 cm³/mol. The van der Waals surface area contributed by atoms with E-state index < -0.39 is 6.10 Å². The normalized spacial score (nSPS) is 12.6. The summed E-state index contributed by atoms with van der Waals surface area (Å²) in [4.78, 5) is 0. The molecule has 0 aliphatic rings. The molecule has 0 saturated carbocycles. The Morgan fingerprint density at radius 1 is 0.824 bits per heavy atom. The van der Waals surface area contributed by atoms with Crippen LogP contribution in [0.1, 0.15) is 17.0 Å². The lowest BCUT2D eigenvalue weighted by Gasteiger charge is -2.22. The first-order valence-corrected chi connectivity index (χ1v) is 5.81. The molecule has 0 heterocycles. The molecule has 2 rings (SSSR count). The minimum absolute atomic E-state index is 0.0533. The van der Waals surface area contributed by atoms with Crippen molar-refractivity contribution >= 4 is 0 Å². The van der Waals surface area contributed by atoms with Crippen molar-refractivity contribution in [1.82, 2.24) is 0 Å². The Labute approximate surface area is 102 Å². The van der Waals surface area contributed by atoms with E-state index in [1.807, 2.05) is 60.7 Å². The van der Waals surface area contributed by atoms with Gasteiger partial charge in [0.25, 0.3) is 0 Å². The number of benzene rings is 2. The number of rotatable bonds is 4. The van der Waals surface area contributed by atoms with Gasteiger partial charge in [0.2, 0.25) is 0 Å². The van der Waals surface area contributed by atoms with E-state index in [1.165, 1.54) is 0 Å². The van der Waals surface area contributed by atoms with Crippen molar-refractivity contribution < 1.29 is 5.11 Å². The van der Waals surface area contributed by atoms with Crippen molar-refractivity contribution in [2.45, 2.75) is 12.0 Å². The van der Waals surface area contributed by atoms with E-state index in [4.69, 9.17) is 5.73 Å². The van der Waals surface area contributed by atoms with E-state index in [0.717, 1.165) is 11.1 Å². The van der Waals surface area contributed by atoms with E-state index in [2.05, 4.69) is 0 Å². The largest absolute Gasteiger partial charge is 0.391 e. The molecular formula is C15H17NO. The molecule has 0 amide bonds. The summed E-state index contributed by atoms with van der Waals surface area (Å²) in [6.45, 7) is 0.258. The first-order chi connectivity index (χ1) is 8.33. The highest BCUT2D eigenvalue weighted by Gasteiger charge is 2.21. The molecule has 2 nitrogen and oxygen atoms in total. The smallest absolute Gasteiger partial charge is 0.0771 e. The second-order valence-corrected chi connectivity index (χ2v) is 4.10. The van der Waals surface area contributed by atoms with Crippen molar-refractivity contribution in [3.8, 4) is 0 Å². The predicted octanol–water partition coefficient (Wildman–Crippen LogP) is 2.14. The highest BCUT2D eigenvalue weighted by molar-refractivity contribution is 5.33. The van der Waals surface area contributed by atoms with Gasteiger partial charge in [-0.25, -0.2) is 0 Å². The first-order valence-electron chi connectivity index (χ1n) is 5.81. The lowest BCUT2D eigenvalue weighted by molar-refractivity contribution is 0.164. The maximum absolute atomic E-state index is 10.1. The van der Waals surface area contributed by atoms with Gasteiger partial charge in [-0.05, 0) is 11.1 Å². The quantitative estimate of drug-likeness (QED) is 0.840. The third-order valence-electron chi connectivity index (χ3n) is 2.94. The molecule has 1 unspecified atom stereocenters. The standard InChI is InChI=1S/C15H17NO/c16-11-14(17)15(12-7-3-1-4-8-12)13-9-5-2-6-10-13/h1-10,14-15,17H,11,16H2. The molecule has 0 aromatic heterocycles. The van der Waals surface area contributed by atoms with Crippen LogP contribution in [0, 0.1) is 0 Å². The zero-order valence-corrected chi connectivity index (χ0v) is 9.66. The molecule has 17 heavy (non-hydrogen) atoms. The van der Waals surface area contributed by atoms with E-state index in [0.29, 0.717) is 0 Å². The number of hydrogen-bond donors (Lipinski definition) is 2. The molecule has 0 bridgehead atoms. The Kier molecular flexibility index (Phi) is 3.91. The van der Waals surface area contributed by atoms with Crippen molar-refractivity contribution in [3.63, 3.8) is 0 Å². The summed E-state index contributed by atoms with van der Waals surface area (Å²) >= 11 is 0. The summed E-state index contributed by atoms with van der Waals surface area (Å²) in [5, 5.41) is 10.1. The fourth-order valence-corrected chi connectivity index (χ4v) is 2.09. The van der Waals surface area contributed by atoms with Crippen LogP contribution in [0.2, 0.25) is 0 Å². The Hall–Kier alpha value is -1.64. The lowest BCUT2D eigenvalue weighted by Crippen LogP contribution is -2.28. The molecule has 3 N–H and O–H groups in total. The SMILES string of the molecule is NCC(O)C(c1ccccc1)c1ccccc1. The van der Waals surface area contributed by atoms with E-state index >= 15 is 0 Å². The fourth-order valence-electron chi connectivity index (χ4n) is 2.09. The summed E-state index contributed by atoms with van der Waals surface area (Å²) in [7, 11) is 0. The van der Waals surface area contributed by atoms with Crippen molar-refractivity contribution in [1.29, 1.82) is 0 Å². The second kappa shape index (κ2) is 5.62. The number of nitrogens with two attached hydrogens (primary N) is 1. The van der Waals surface area contributed by atoms with Crippen LogP contribution in [0.5, 0.6) is 0 Å². The Morgan fingerprint density at radius 2 is 1.24 bits per heavy atom. The molecule has 0 aliphatic carbocycles. The average molecular weight is 227 g/mol. The van der Waals surface area contributed by atoms with Crippen molar-refractivity contribution in [3.05, 3.63) is 71.8 Å². The van der Waals surface area contributed by atoms with E-state index in [-0.39, 0.29) is 12.5 Å². The monoisotopic (exact) mass is 227 g/mol. The Bertz CT molecular complexity index is 401. The van der Waals surface area contributed by atoms with Crippen LogP contribution >= 0.6 is 0 Å². The van der Waals surface area contributed by atoms with Gasteiger partial charge >= 0.3 is 0 Å². The van der Waals surface area contributed by atoms with Gasteiger partial charge in [0.15, 0.2) is 0 Å². The van der Waals surface area contributed by atoms with Crippen molar-refractivity contribution in [2.24, 2.45) is 5.73 Å². The van der Waals surface area contributed by atoms with Crippen LogP contribution in [-0.2, 0) is 0 Å². The lowest BCUT2D eigenvalue weighted by atomic mass is 9.87. The zero-order chi connectivity index (χ0) is 12.1. The van der Waals surface area contributed by atoms with Gasteiger partial charge in [-0.15, -0.1) is 0 Å². The summed E-state index contributed by atoms with van der Waals surface area (Å²) < 4.78 is 0. The van der Waals surface area contributed by atoms with Crippen LogP contribution in [0.3, 0.4) is 0 Å². The van der Waals surface area contributed by atoms with Gasteiger partial charge in [-0.2, -0.15) is 0 Å². The molecule has 88 valence electrons. The van der Waals surface area contributed by atoms with Gasteiger partial charge < -0.3 is 10.8 Å². The Morgan fingerprint density at radius 3 is 1.59 bits per heavy atom. The average Bonchev–Trinajstić information content (AvgIpc) is 2.41. The number of aliphatic hydroxyl groups excluding tert-OH is 1. The minimum Gasteiger partial charge on any atom is -0.391 e. The molecule has 0 fully saturated rings.